The first-order chi connectivity index (χ1) is 9.74. The van der Waals surface area contributed by atoms with Gasteiger partial charge in [-0.25, -0.2) is 0 Å². The van der Waals surface area contributed by atoms with Crippen molar-refractivity contribution in [2.75, 3.05) is 25.1 Å². The van der Waals surface area contributed by atoms with Crippen molar-refractivity contribution < 1.29 is 9.90 Å². The molecule has 20 heavy (non-hydrogen) atoms. The molecule has 0 saturated heterocycles. The van der Waals surface area contributed by atoms with E-state index in [0.717, 1.165) is 37.9 Å². The molecular formula is C16H24N2O2. The van der Waals surface area contributed by atoms with Gasteiger partial charge < -0.3 is 15.3 Å². The van der Waals surface area contributed by atoms with Crippen molar-refractivity contribution >= 4 is 11.6 Å². The molecule has 0 radical (unpaired) electrons. The summed E-state index contributed by atoms with van der Waals surface area (Å²) in [4.78, 5) is 13.7. The Morgan fingerprint density at radius 2 is 2.00 bits per heavy atom. The maximum atomic E-state index is 12.0. The molecule has 1 unspecified atom stereocenters. The summed E-state index contributed by atoms with van der Waals surface area (Å²) in [6.07, 6.45) is 4.69. The SMILES string of the molecule is CN1C(=O)CC(NCCCCCCO)c2ccccc21. The van der Waals surface area contributed by atoms with E-state index in [9.17, 15) is 4.79 Å². The quantitative estimate of drug-likeness (QED) is 0.751. The molecule has 0 aromatic heterocycles. The predicted octanol–water partition coefficient (Wildman–Crippen LogP) is 2.24. The second kappa shape index (κ2) is 7.41. The van der Waals surface area contributed by atoms with Crippen LogP contribution in [0.3, 0.4) is 0 Å². The number of amides is 1. The average Bonchev–Trinajstić information content (AvgIpc) is 2.47. The number of carbonyl (C=O) groups is 1. The fourth-order valence-corrected chi connectivity index (χ4v) is 2.69. The number of anilines is 1. The van der Waals surface area contributed by atoms with Gasteiger partial charge in [-0.3, -0.25) is 4.79 Å². The maximum absolute atomic E-state index is 12.0. The van der Waals surface area contributed by atoms with Gasteiger partial charge in [-0.15, -0.1) is 0 Å². The van der Waals surface area contributed by atoms with Crippen molar-refractivity contribution in [3.8, 4) is 0 Å². The number of aliphatic hydroxyl groups is 1. The number of nitrogens with zero attached hydrogens (tertiary/aromatic N) is 1. The molecule has 1 heterocycles. The number of carbonyl (C=O) groups excluding carboxylic acids is 1. The fourth-order valence-electron chi connectivity index (χ4n) is 2.69. The minimum absolute atomic E-state index is 0.132. The topological polar surface area (TPSA) is 52.6 Å². The lowest BCUT2D eigenvalue weighted by Crippen LogP contribution is -2.38. The number of rotatable bonds is 7. The zero-order valence-electron chi connectivity index (χ0n) is 12.1. The Morgan fingerprint density at radius 3 is 2.80 bits per heavy atom. The number of unbranched alkanes of at least 4 members (excludes halogenated alkanes) is 3. The predicted molar refractivity (Wildman–Crippen MR) is 80.8 cm³/mol. The minimum Gasteiger partial charge on any atom is -0.396 e. The molecule has 1 aliphatic rings. The van der Waals surface area contributed by atoms with Crippen molar-refractivity contribution in [3.05, 3.63) is 29.8 Å². The van der Waals surface area contributed by atoms with Crippen molar-refractivity contribution in [3.63, 3.8) is 0 Å². The van der Waals surface area contributed by atoms with E-state index in [0.29, 0.717) is 6.42 Å². The molecule has 1 atom stereocenters. The standard InChI is InChI=1S/C16H24N2O2/c1-18-15-9-5-4-8-13(15)14(12-16(18)20)17-10-6-2-3-7-11-19/h4-5,8-9,14,17,19H,2-3,6-7,10-12H2,1H3. The molecule has 4 nitrogen and oxygen atoms in total. The smallest absolute Gasteiger partial charge is 0.228 e. The van der Waals surface area contributed by atoms with Crippen LogP contribution in [0.4, 0.5) is 5.69 Å². The molecule has 110 valence electrons. The van der Waals surface area contributed by atoms with Crippen LogP contribution in [0.15, 0.2) is 24.3 Å². The zero-order chi connectivity index (χ0) is 14.4. The van der Waals surface area contributed by atoms with Gasteiger partial charge in [0.2, 0.25) is 5.91 Å². The largest absolute Gasteiger partial charge is 0.396 e. The third-order valence-electron chi connectivity index (χ3n) is 3.90. The first-order valence-corrected chi connectivity index (χ1v) is 7.43. The van der Waals surface area contributed by atoms with Crippen LogP contribution in [0, 0.1) is 0 Å². The third-order valence-corrected chi connectivity index (χ3v) is 3.90. The second-order valence-electron chi connectivity index (χ2n) is 5.36. The van der Waals surface area contributed by atoms with Crippen LogP contribution >= 0.6 is 0 Å². The Balaban J connectivity index is 1.89. The molecule has 1 amide bonds. The average molecular weight is 276 g/mol. The van der Waals surface area contributed by atoms with Crippen LogP contribution in [-0.2, 0) is 4.79 Å². The molecule has 0 fully saturated rings. The summed E-state index contributed by atoms with van der Waals surface area (Å²) >= 11 is 0. The monoisotopic (exact) mass is 276 g/mol. The summed E-state index contributed by atoms with van der Waals surface area (Å²) in [7, 11) is 1.84. The minimum atomic E-state index is 0.132. The lowest BCUT2D eigenvalue weighted by molar-refractivity contribution is -0.119. The molecule has 1 aliphatic heterocycles. The molecule has 0 saturated carbocycles. The fraction of sp³-hybridized carbons (Fsp3) is 0.562. The summed E-state index contributed by atoms with van der Waals surface area (Å²) in [5.41, 5.74) is 2.23. The van der Waals surface area contributed by atoms with Gasteiger partial charge in [-0.1, -0.05) is 31.0 Å². The molecule has 1 aromatic carbocycles. The molecule has 1 aromatic rings. The summed E-state index contributed by atoms with van der Waals surface area (Å²) in [6.45, 7) is 1.20. The van der Waals surface area contributed by atoms with E-state index in [-0.39, 0.29) is 18.6 Å². The number of aliphatic hydroxyl groups excluding tert-OH is 1. The number of fused-ring (bicyclic) bond motifs is 1. The van der Waals surface area contributed by atoms with Crippen molar-refractivity contribution in [1.29, 1.82) is 0 Å². The van der Waals surface area contributed by atoms with Crippen molar-refractivity contribution in [2.24, 2.45) is 0 Å². The third kappa shape index (κ3) is 3.58. The number of benzene rings is 1. The molecule has 0 aliphatic carbocycles. The Morgan fingerprint density at radius 1 is 1.25 bits per heavy atom. The highest BCUT2D eigenvalue weighted by Gasteiger charge is 2.28. The van der Waals surface area contributed by atoms with E-state index in [4.69, 9.17) is 5.11 Å². The first-order valence-electron chi connectivity index (χ1n) is 7.43. The van der Waals surface area contributed by atoms with Crippen LogP contribution in [0.2, 0.25) is 0 Å². The van der Waals surface area contributed by atoms with Crippen LogP contribution < -0.4 is 10.2 Å². The van der Waals surface area contributed by atoms with Gasteiger partial charge in [0.1, 0.15) is 0 Å². The van der Waals surface area contributed by atoms with E-state index in [1.807, 2.05) is 25.2 Å². The highest BCUT2D eigenvalue weighted by atomic mass is 16.2. The normalized spacial score (nSPS) is 18.2. The van der Waals surface area contributed by atoms with E-state index >= 15 is 0 Å². The van der Waals surface area contributed by atoms with Gasteiger partial charge in [-0.05, 0) is 31.0 Å². The van der Waals surface area contributed by atoms with E-state index in [1.165, 1.54) is 5.56 Å². The van der Waals surface area contributed by atoms with Gasteiger partial charge in [0.15, 0.2) is 0 Å². The van der Waals surface area contributed by atoms with Gasteiger partial charge >= 0.3 is 0 Å². The summed E-state index contributed by atoms with van der Waals surface area (Å²) < 4.78 is 0. The van der Waals surface area contributed by atoms with Crippen LogP contribution in [0.1, 0.15) is 43.7 Å². The number of hydrogen-bond acceptors (Lipinski definition) is 3. The second-order valence-corrected chi connectivity index (χ2v) is 5.36. The van der Waals surface area contributed by atoms with Gasteiger partial charge in [0.05, 0.1) is 0 Å². The molecule has 2 rings (SSSR count). The highest BCUT2D eigenvalue weighted by Crippen LogP contribution is 2.33. The molecule has 0 bridgehead atoms. The van der Waals surface area contributed by atoms with Crippen molar-refractivity contribution in [1.82, 2.24) is 5.32 Å². The van der Waals surface area contributed by atoms with Crippen LogP contribution in [0.5, 0.6) is 0 Å². The Hall–Kier alpha value is -1.39. The van der Waals surface area contributed by atoms with Gasteiger partial charge in [0.25, 0.3) is 0 Å². The Kier molecular flexibility index (Phi) is 5.56. The summed E-state index contributed by atoms with van der Waals surface area (Å²) in [6, 6.07) is 8.23. The summed E-state index contributed by atoms with van der Waals surface area (Å²) in [5, 5.41) is 12.2. The number of nitrogens with one attached hydrogen (secondary N) is 1. The van der Waals surface area contributed by atoms with Crippen LogP contribution in [-0.4, -0.2) is 31.2 Å². The Labute approximate surface area is 120 Å². The lowest BCUT2D eigenvalue weighted by atomic mass is 9.96. The van der Waals surface area contributed by atoms with Gasteiger partial charge in [-0.2, -0.15) is 0 Å². The van der Waals surface area contributed by atoms with Gasteiger partial charge in [0, 0.05) is 31.8 Å². The maximum Gasteiger partial charge on any atom is 0.228 e. The lowest BCUT2D eigenvalue weighted by Gasteiger charge is -2.32. The molecule has 0 spiro atoms. The van der Waals surface area contributed by atoms with Crippen molar-refractivity contribution in [2.45, 2.75) is 38.1 Å². The molecule has 4 heteroatoms. The van der Waals surface area contributed by atoms with E-state index in [2.05, 4.69) is 11.4 Å². The van der Waals surface area contributed by atoms with Crippen LogP contribution in [0.25, 0.3) is 0 Å². The number of para-hydroxylation sites is 1. The molecular weight excluding hydrogens is 252 g/mol. The first kappa shape index (κ1) is 15.0. The number of hydrogen-bond donors (Lipinski definition) is 2. The highest BCUT2D eigenvalue weighted by molar-refractivity contribution is 5.96. The van der Waals surface area contributed by atoms with E-state index in [1.54, 1.807) is 4.90 Å². The zero-order valence-corrected chi connectivity index (χ0v) is 12.1. The summed E-state index contributed by atoms with van der Waals surface area (Å²) in [5.74, 6) is 0.168. The Bertz CT molecular complexity index is 448. The van der Waals surface area contributed by atoms with E-state index < -0.39 is 0 Å². The molecule has 2 N–H and O–H groups in total.